The molecule has 128 valence electrons. The van der Waals surface area contributed by atoms with Crippen LogP contribution in [-0.4, -0.2) is 35.8 Å². The van der Waals surface area contributed by atoms with Crippen molar-refractivity contribution >= 4 is 11.8 Å². The summed E-state index contributed by atoms with van der Waals surface area (Å²) in [7, 11) is 0. The molecule has 0 saturated carbocycles. The normalized spacial score (nSPS) is 17.0. The Morgan fingerprint density at radius 2 is 2.12 bits per heavy atom. The molecule has 1 aromatic heterocycles. The summed E-state index contributed by atoms with van der Waals surface area (Å²) < 4.78 is 19.2. The topological polar surface area (TPSA) is 59.1 Å². The number of nitrogens with zero attached hydrogens (tertiary/aromatic N) is 2. The van der Waals surface area contributed by atoms with Crippen molar-refractivity contribution in [1.82, 2.24) is 9.97 Å². The maximum atomic E-state index is 13.6. The number of aryl methyl sites for hydroxylation is 1. The van der Waals surface area contributed by atoms with E-state index in [0.29, 0.717) is 24.5 Å². The largest absolute Gasteiger partial charge is 0.376 e. The van der Waals surface area contributed by atoms with E-state index in [1.807, 2.05) is 19.1 Å². The quantitative estimate of drug-likeness (QED) is 0.816. The summed E-state index contributed by atoms with van der Waals surface area (Å²) in [5.74, 6) is 1.17. The monoisotopic (exact) mass is 330 g/mol. The number of aromatic nitrogens is 2. The minimum atomic E-state index is -0.169. The van der Waals surface area contributed by atoms with Crippen molar-refractivity contribution in [2.45, 2.75) is 32.3 Å². The first-order valence-corrected chi connectivity index (χ1v) is 8.39. The van der Waals surface area contributed by atoms with Gasteiger partial charge in [0.15, 0.2) is 0 Å². The lowest BCUT2D eigenvalue weighted by Crippen LogP contribution is -2.20. The number of halogens is 1. The highest BCUT2D eigenvalue weighted by Crippen LogP contribution is 2.14. The maximum Gasteiger partial charge on any atom is 0.224 e. The molecule has 1 aliphatic rings. The smallest absolute Gasteiger partial charge is 0.224 e. The van der Waals surface area contributed by atoms with Crippen LogP contribution in [0.2, 0.25) is 0 Å². The van der Waals surface area contributed by atoms with E-state index in [2.05, 4.69) is 20.6 Å². The molecule has 2 heterocycles. The highest BCUT2D eigenvalue weighted by Gasteiger charge is 2.15. The van der Waals surface area contributed by atoms with Gasteiger partial charge in [-0.2, -0.15) is 4.98 Å². The summed E-state index contributed by atoms with van der Waals surface area (Å²) in [4.78, 5) is 8.86. The zero-order valence-electron chi connectivity index (χ0n) is 13.9. The molecule has 24 heavy (non-hydrogen) atoms. The zero-order valence-corrected chi connectivity index (χ0v) is 13.9. The fourth-order valence-electron chi connectivity index (χ4n) is 2.77. The van der Waals surface area contributed by atoms with Gasteiger partial charge in [-0.25, -0.2) is 9.37 Å². The number of hydrogen-bond donors (Lipinski definition) is 2. The van der Waals surface area contributed by atoms with E-state index in [9.17, 15) is 4.39 Å². The standard InChI is InChI=1S/C18H23FN4O/c1-13-11-17(20-9-8-14-5-2-3-7-16(14)19)23-18(22-13)21-12-15-6-4-10-24-15/h2-3,5,7,11,15H,4,6,8-10,12H2,1H3,(H2,20,21,22,23). The van der Waals surface area contributed by atoms with Crippen LogP contribution in [0.25, 0.3) is 0 Å². The Balaban J connectivity index is 1.54. The van der Waals surface area contributed by atoms with Gasteiger partial charge in [0.1, 0.15) is 11.6 Å². The number of hydrogen-bond acceptors (Lipinski definition) is 5. The Morgan fingerprint density at radius 1 is 1.25 bits per heavy atom. The van der Waals surface area contributed by atoms with E-state index in [0.717, 1.165) is 37.5 Å². The molecule has 0 aliphatic carbocycles. The van der Waals surface area contributed by atoms with Gasteiger partial charge in [0.2, 0.25) is 5.95 Å². The summed E-state index contributed by atoms with van der Waals surface area (Å²) >= 11 is 0. The number of rotatable bonds is 7. The van der Waals surface area contributed by atoms with Crippen molar-refractivity contribution in [2.24, 2.45) is 0 Å². The van der Waals surface area contributed by atoms with Crippen molar-refractivity contribution in [3.63, 3.8) is 0 Å². The summed E-state index contributed by atoms with van der Waals surface area (Å²) in [6.07, 6.45) is 3.04. The molecule has 2 aromatic rings. The molecule has 0 radical (unpaired) electrons. The third-order valence-corrected chi connectivity index (χ3v) is 4.02. The highest BCUT2D eigenvalue weighted by atomic mass is 19.1. The van der Waals surface area contributed by atoms with E-state index < -0.39 is 0 Å². The van der Waals surface area contributed by atoms with Crippen LogP contribution in [0.4, 0.5) is 16.2 Å². The van der Waals surface area contributed by atoms with Crippen molar-refractivity contribution < 1.29 is 9.13 Å². The van der Waals surface area contributed by atoms with E-state index >= 15 is 0 Å². The second-order valence-corrected chi connectivity index (χ2v) is 6.00. The van der Waals surface area contributed by atoms with Gasteiger partial charge in [0.25, 0.3) is 0 Å². The third-order valence-electron chi connectivity index (χ3n) is 4.02. The van der Waals surface area contributed by atoms with Gasteiger partial charge in [-0.3, -0.25) is 0 Å². The van der Waals surface area contributed by atoms with Crippen LogP contribution in [-0.2, 0) is 11.2 Å². The molecule has 1 atom stereocenters. The minimum Gasteiger partial charge on any atom is -0.376 e. The van der Waals surface area contributed by atoms with Crippen LogP contribution in [0, 0.1) is 12.7 Å². The van der Waals surface area contributed by atoms with Gasteiger partial charge in [0, 0.05) is 31.5 Å². The number of anilines is 2. The number of ether oxygens (including phenoxy) is 1. The van der Waals surface area contributed by atoms with Crippen LogP contribution in [0.15, 0.2) is 30.3 Å². The fourth-order valence-corrected chi connectivity index (χ4v) is 2.77. The first-order valence-electron chi connectivity index (χ1n) is 8.39. The average Bonchev–Trinajstić information content (AvgIpc) is 3.08. The lowest BCUT2D eigenvalue weighted by Gasteiger charge is -2.13. The van der Waals surface area contributed by atoms with Crippen LogP contribution >= 0.6 is 0 Å². The molecule has 1 aromatic carbocycles. The Kier molecular flexibility index (Phi) is 5.59. The predicted molar refractivity (Wildman–Crippen MR) is 92.8 cm³/mol. The first-order chi connectivity index (χ1) is 11.7. The maximum absolute atomic E-state index is 13.6. The summed E-state index contributed by atoms with van der Waals surface area (Å²) in [5.41, 5.74) is 1.58. The molecule has 0 bridgehead atoms. The zero-order chi connectivity index (χ0) is 16.8. The van der Waals surface area contributed by atoms with Crippen molar-refractivity contribution in [3.05, 3.63) is 47.4 Å². The molecule has 0 spiro atoms. The molecule has 3 rings (SSSR count). The van der Waals surface area contributed by atoms with Crippen molar-refractivity contribution in [2.75, 3.05) is 30.3 Å². The van der Waals surface area contributed by atoms with E-state index in [1.165, 1.54) is 6.07 Å². The molecule has 1 fully saturated rings. The number of nitrogens with one attached hydrogen (secondary N) is 2. The molecule has 1 aliphatic heterocycles. The van der Waals surface area contributed by atoms with E-state index in [4.69, 9.17) is 4.74 Å². The molecule has 6 heteroatoms. The summed E-state index contributed by atoms with van der Waals surface area (Å²) in [6.45, 7) is 4.10. The second kappa shape index (κ2) is 8.06. The third kappa shape index (κ3) is 4.64. The lowest BCUT2D eigenvalue weighted by atomic mass is 10.1. The molecule has 1 unspecified atom stereocenters. The SMILES string of the molecule is Cc1cc(NCCc2ccccc2F)nc(NCC2CCCO2)n1. The minimum absolute atomic E-state index is 0.169. The Labute approximate surface area is 141 Å². The van der Waals surface area contributed by atoms with Gasteiger partial charge in [-0.05, 0) is 37.8 Å². The van der Waals surface area contributed by atoms with Crippen LogP contribution < -0.4 is 10.6 Å². The molecular weight excluding hydrogens is 307 g/mol. The van der Waals surface area contributed by atoms with Gasteiger partial charge in [-0.1, -0.05) is 18.2 Å². The Hall–Kier alpha value is -2.21. The summed E-state index contributed by atoms with van der Waals surface area (Å²) in [6, 6.07) is 8.72. The van der Waals surface area contributed by atoms with Gasteiger partial charge in [-0.15, -0.1) is 0 Å². The second-order valence-electron chi connectivity index (χ2n) is 6.00. The molecule has 2 N–H and O–H groups in total. The van der Waals surface area contributed by atoms with Gasteiger partial charge < -0.3 is 15.4 Å². The van der Waals surface area contributed by atoms with E-state index in [-0.39, 0.29) is 11.9 Å². The molecular formula is C18H23FN4O. The van der Waals surface area contributed by atoms with Crippen molar-refractivity contribution in [3.8, 4) is 0 Å². The van der Waals surface area contributed by atoms with Gasteiger partial charge in [0.05, 0.1) is 6.10 Å². The van der Waals surface area contributed by atoms with Crippen LogP contribution in [0.1, 0.15) is 24.1 Å². The predicted octanol–water partition coefficient (Wildman–Crippen LogP) is 3.17. The fraction of sp³-hybridized carbons (Fsp3) is 0.444. The summed E-state index contributed by atoms with van der Waals surface area (Å²) in [5, 5.41) is 6.48. The average molecular weight is 330 g/mol. The van der Waals surface area contributed by atoms with E-state index in [1.54, 1.807) is 12.1 Å². The highest BCUT2D eigenvalue weighted by molar-refractivity contribution is 5.42. The van der Waals surface area contributed by atoms with Crippen LogP contribution in [0.5, 0.6) is 0 Å². The lowest BCUT2D eigenvalue weighted by molar-refractivity contribution is 0.120. The Bertz CT molecular complexity index is 674. The molecule has 1 saturated heterocycles. The molecule has 0 amide bonds. The number of benzene rings is 1. The Morgan fingerprint density at radius 3 is 2.92 bits per heavy atom. The van der Waals surface area contributed by atoms with Gasteiger partial charge >= 0.3 is 0 Å². The first kappa shape index (κ1) is 16.6. The molecule has 5 nitrogen and oxygen atoms in total. The van der Waals surface area contributed by atoms with Crippen LogP contribution in [0.3, 0.4) is 0 Å². The van der Waals surface area contributed by atoms with Crippen molar-refractivity contribution in [1.29, 1.82) is 0 Å².